The second kappa shape index (κ2) is 6.59. The van der Waals surface area contributed by atoms with Crippen molar-refractivity contribution < 1.29 is 9.59 Å². The van der Waals surface area contributed by atoms with Gasteiger partial charge < -0.3 is 10.2 Å². The number of hydrogen-bond acceptors (Lipinski definition) is 4. The van der Waals surface area contributed by atoms with E-state index in [-0.39, 0.29) is 29.1 Å². The highest BCUT2D eigenvalue weighted by atomic mass is 16.2. The molecule has 1 saturated heterocycles. The average molecular weight is 358 g/mol. The molecule has 1 aliphatic rings. The SMILES string of the molecule is CNC(=O)[C@H]1CN(C(=O)c2cc(C(C)(C)C)[nH]n2)C[C@@H]1c1cnn(C)c1. The summed E-state index contributed by atoms with van der Waals surface area (Å²) in [6.45, 7) is 7.02. The number of carbonyl (C=O) groups excluding carboxylic acids is 2. The van der Waals surface area contributed by atoms with Crippen LogP contribution >= 0.6 is 0 Å². The van der Waals surface area contributed by atoms with Gasteiger partial charge >= 0.3 is 0 Å². The van der Waals surface area contributed by atoms with Gasteiger partial charge in [-0.15, -0.1) is 0 Å². The molecular weight excluding hydrogens is 332 g/mol. The minimum absolute atomic E-state index is 0.0634. The van der Waals surface area contributed by atoms with Crippen LogP contribution in [0.3, 0.4) is 0 Å². The maximum absolute atomic E-state index is 12.9. The van der Waals surface area contributed by atoms with Crippen molar-refractivity contribution in [2.75, 3.05) is 20.1 Å². The molecule has 0 unspecified atom stereocenters. The number of aromatic amines is 1. The largest absolute Gasteiger partial charge is 0.359 e. The quantitative estimate of drug-likeness (QED) is 0.857. The van der Waals surface area contributed by atoms with Crippen molar-refractivity contribution in [3.8, 4) is 0 Å². The summed E-state index contributed by atoms with van der Waals surface area (Å²) in [5.41, 5.74) is 2.15. The zero-order valence-corrected chi connectivity index (χ0v) is 15.9. The fourth-order valence-electron chi connectivity index (χ4n) is 3.37. The lowest BCUT2D eigenvalue weighted by Crippen LogP contribution is -2.33. The highest BCUT2D eigenvalue weighted by molar-refractivity contribution is 5.93. The molecular formula is C18H26N6O2. The number of amides is 2. The standard InChI is InChI=1S/C18H26N6O2/c1-18(2,3)15-6-14(21-22-15)17(26)24-9-12(11-7-20-23(5)8-11)13(10-24)16(25)19-4/h6-8,12-13H,9-10H2,1-5H3,(H,19,25)(H,21,22)/t12-,13+/m1/s1. The predicted octanol–water partition coefficient (Wildman–Crippen LogP) is 1.04. The average Bonchev–Trinajstić information content (AvgIpc) is 3.31. The topological polar surface area (TPSA) is 95.9 Å². The van der Waals surface area contributed by atoms with Crippen LogP contribution in [0.25, 0.3) is 0 Å². The van der Waals surface area contributed by atoms with E-state index in [0.717, 1.165) is 11.3 Å². The van der Waals surface area contributed by atoms with Crippen LogP contribution in [0.2, 0.25) is 0 Å². The molecule has 3 heterocycles. The highest BCUT2D eigenvalue weighted by Crippen LogP contribution is 2.33. The Kier molecular flexibility index (Phi) is 4.60. The number of carbonyl (C=O) groups is 2. The van der Waals surface area contributed by atoms with Crippen LogP contribution in [0.5, 0.6) is 0 Å². The number of aromatic nitrogens is 4. The number of hydrogen-bond donors (Lipinski definition) is 2. The van der Waals surface area contributed by atoms with E-state index >= 15 is 0 Å². The maximum atomic E-state index is 12.9. The lowest BCUT2D eigenvalue weighted by molar-refractivity contribution is -0.124. The van der Waals surface area contributed by atoms with Gasteiger partial charge in [0.2, 0.25) is 5.91 Å². The summed E-state index contributed by atoms with van der Waals surface area (Å²) in [7, 11) is 3.46. The number of aryl methyl sites for hydroxylation is 1. The summed E-state index contributed by atoms with van der Waals surface area (Å²) < 4.78 is 1.71. The normalized spacial score (nSPS) is 20.4. The van der Waals surface area contributed by atoms with E-state index in [2.05, 4.69) is 41.4 Å². The van der Waals surface area contributed by atoms with Crippen molar-refractivity contribution in [3.63, 3.8) is 0 Å². The van der Waals surface area contributed by atoms with Crippen LogP contribution in [0, 0.1) is 5.92 Å². The second-order valence-corrected chi connectivity index (χ2v) is 7.90. The predicted molar refractivity (Wildman–Crippen MR) is 96.7 cm³/mol. The zero-order chi connectivity index (χ0) is 19.1. The minimum Gasteiger partial charge on any atom is -0.359 e. The van der Waals surface area contributed by atoms with Gasteiger partial charge in [0, 0.05) is 50.4 Å². The third kappa shape index (κ3) is 3.36. The molecule has 0 saturated carbocycles. The van der Waals surface area contributed by atoms with Crippen LogP contribution in [0.15, 0.2) is 18.5 Å². The van der Waals surface area contributed by atoms with Crippen molar-refractivity contribution in [1.82, 2.24) is 30.2 Å². The molecule has 2 amide bonds. The molecule has 0 aliphatic carbocycles. The van der Waals surface area contributed by atoms with Crippen molar-refractivity contribution >= 4 is 11.8 Å². The molecule has 1 fully saturated rings. The van der Waals surface area contributed by atoms with Gasteiger partial charge in [-0.25, -0.2) is 0 Å². The molecule has 2 aromatic rings. The van der Waals surface area contributed by atoms with E-state index in [4.69, 9.17) is 0 Å². The highest BCUT2D eigenvalue weighted by Gasteiger charge is 2.41. The summed E-state index contributed by atoms with van der Waals surface area (Å²) in [6, 6.07) is 1.80. The fourth-order valence-corrected chi connectivity index (χ4v) is 3.37. The van der Waals surface area contributed by atoms with Crippen LogP contribution < -0.4 is 5.32 Å². The Morgan fingerprint density at radius 3 is 2.58 bits per heavy atom. The van der Waals surface area contributed by atoms with Gasteiger partial charge in [0.15, 0.2) is 0 Å². The van der Waals surface area contributed by atoms with Crippen molar-refractivity contribution in [2.24, 2.45) is 13.0 Å². The molecule has 26 heavy (non-hydrogen) atoms. The Bertz CT molecular complexity index is 816. The Morgan fingerprint density at radius 2 is 2.04 bits per heavy atom. The van der Waals surface area contributed by atoms with E-state index in [9.17, 15) is 9.59 Å². The minimum atomic E-state index is -0.297. The lowest BCUT2D eigenvalue weighted by atomic mass is 9.90. The Hall–Kier alpha value is -2.64. The lowest BCUT2D eigenvalue weighted by Gasteiger charge is -2.15. The molecule has 0 radical (unpaired) electrons. The molecule has 2 N–H and O–H groups in total. The van der Waals surface area contributed by atoms with Crippen molar-refractivity contribution in [2.45, 2.75) is 32.1 Å². The number of nitrogens with one attached hydrogen (secondary N) is 2. The molecule has 2 atom stereocenters. The van der Waals surface area contributed by atoms with Gasteiger partial charge in [0.25, 0.3) is 5.91 Å². The molecule has 0 aromatic carbocycles. The molecule has 0 spiro atoms. The third-order valence-electron chi connectivity index (χ3n) is 4.95. The Labute approximate surface area is 152 Å². The second-order valence-electron chi connectivity index (χ2n) is 7.90. The molecule has 8 heteroatoms. The van der Waals surface area contributed by atoms with Gasteiger partial charge in [-0.3, -0.25) is 19.4 Å². The molecule has 1 aliphatic heterocycles. The van der Waals surface area contributed by atoms with Gasteiger partial charge in [-0.05, 0) is 11.6 Å². The summed E-state index contributed by atoms with van der Waals surface area (Å²) in [4.78, 5) is 27.0. The summed E-state index contributed by atoms with van der Waals surface area (Å²) >= 11 is 0. The van der Waals surface area contributed by atoms with E-state index < -0.39 is 0 Å². The van der Waals surface area contributed by atoms with Gasteiger partial charge in [-0.1, -0.05) is 20.8 Å². The monoisotopic (exact) mass is 358 g/mol. The van der Waals surface area contributed by atoms with Crippen LogP contribution in [0.1, 0.15) is 48.4 Å². The van der Waals surface area contributed by atoms with Crippen LogP contribution in [-0.4, -0.2) is 56.8 Å². The van der Waals surface area contributed by atoms with Crippen LogP contribution in [-0.2, 0) is 17.3 Å². The molecule has 140 valence electrons. The third-order valence-corrected chi connectivity index (χ3v) is 4.95. The number of rotatable bonds is 3. The Balaban J connectivity index is 1.83. The molecule has 2 aromatic heterocycles. The smallest absolute Gasteiger partial charge is 0.274 e. The Morgan fingerprint density at radius 1 is 1.31 bits per heavy atom. The molecule has 8 nitrogen and oxygen atoms in total. The first kappa shape index (κ1) is 18.2. The molecule has 3 rings (SSSR count). The summed E-state index contributed by atoms with van der Waals surface area (Å²) in [5, 5.41) is 14.1. The summed E-state index contributed by atoms with van der Waals surface area (Å²) in [5.74, 6) is -0.591. The number of nitrogens with zero attached hydrogens (tertiary/aromatic N) is 4. The van der Waals surface area contributed by atoms with Crippen molar-refractivity contribution in [3.05, 3.63) is 35.4 Å². The van der Waals surface area contributed by atoms with Gasteiger partial charge in [0.1, 0.15) is 5.69 Å². The summed E-state index contributed by atoms with van der Waals surface area (Å²) in [6.07, 6.45) is 3.67. The van der Waals surface area contributed by atoms with E-state index in [1.54, 1.807) is 28.9 Å². The van der Waals surface area contributed by atoms with E-state index in [0.29, 0.717) is 18.8 Å². The number of H-pyrrole nitrogens is 1. The number of likely N-dealkylation sites (tertiary alicyclic amines) is 1. The van der Waals surface area contributed by atoms with E-state index in [1.165, 1.54) is 0 Å². The molecule has 0 bridgehead atoms. The van der Waals surface area contributed by atoms with Crippen LogP contribution in [0.4, 0.5) is 0 Å². The zero-order valence-electron chi connectivity index (χ0n) is 15.9. The first-order valence-corrected chi connectivity index (χ1v) is 8.76. The van der Waals surface area contributed by atoms with Crippen molar-refractivity contribution in [1.29, 1.82) is 0 Å². The van der Waals surface area contributed by atoms with Gasteiger partial charge in [0.05, 0.1) is 12.1 Å². The first-order valence-electron chi connectivity index (χ1n) is 8.76. The van der Waals surface area contributed by atoms with E-state index in [1.807, 2.05) is 13.2 Å². The maximum Gasteiger partial charge on any atom is 0.274 e. The van der Waals surface area contributed by atoms with Gasteiger partial charge in [-0.2, -0.15) is 10.2 Å². The fraction of sp³-hybridized carbons (Fsp3) is 0.556. The first-order chi connectivity index (χ1) is 12.2.